The number of ketones is 1. The Morgan fingerprint density at radius 3 is 2.72 bits per heavy atom. The van der Waals surface area contributed by atoms with E-state index < -0.39 is 0 Å². The number of aromatic nitrogens is 1. The Morgan fingerprint density at radius 2 is 1.81 bits per heavy atom. The highest BCUT2D eigenvalue weighted by molar-refractivity contribution is 6.06. The molecule has 0 spiro atoms. The summed E-state index contributed by atoms with van der Waals surface area (Å²) in [5.74, 6) is 1.29. The SMILES string of the molecule is O=C(Cc1cccnc1)Cc1cccc(C2CCCC(C3=NC=CCC4=C3C=CC4)C2)c1. The lowest BCUT2D eigenvalue weighted by Gasteiger charge is -2.31. The molecule has 2 unspecified atom stereocenters. The monoisotopic (exact) mass is 422 g/mol. The second-order valence-electron chi connectivity index (χ2n) is 9.29. The average molecular weight is 423 g/mol. The number of hydrogen-bond donors (Lipinski definition) is 0. The first-order chi connectivity index (χ1) is 15.8. The van der Waals surface area contributed by atoms with E-state index in [-0.39, 0.29) is 5.78 Å². The first kappa shape index (κ1) is 20.8. The molecular formula is C29H30N2O. The lowest BCUT2D eigenvalue weighted by molar-refractivity contribution is -0.117. The van der Waals surface area contributed by atoms with Gasteiger partial charge in [-0.25, -0.2) is 0 Å². The molecule has 3 nitrogen and oxygen atoms in total. The first-order valence-electron chi connectivity index (χ1n) is 11.9. The highest BCUT2D eigenvalue weighted by Crippen LogP contribution is 2.40. The Bertz CT molecular complexity index is 1110. The van der Waals surface area contributed by atoms with Gasteiger partial charge in [0.2, 0.25) is 0 Å². The largest absolute Gasteiger partial charge is 0.299 e. The van der Waals surface area contributed by atoms with Crippen molar-refractivity contribution in [1.82, 2.24) is 4.98 Å². The molecule has 0 amide bonds. The van der Waals surface area contributed by atoms with Crippen LogP contribution in [0.5, 0.6) is 0 Å². The minimum Gasteiger partial charge on any atom is -0.299 e. The predicted molar refractivity (Wildman–Crippen MR) is 130 cm³/mol. The van der Waals surface area contributed by atoms with Gasteiger partial charge in [-0.3, -0.25) is 14.8 Å². The number of rotatable bonds is 6. The van der Waals surface area contributed by atoms with Crippen molar-refractivity contribution in [2.75, 3.05) is 0 Å². The number of allylic oxidation sites excluding steroid dienone is 5. The lowest BCUT2D eigenvalue weighted by atomic mass is 9.74. The van der Waals surface area contributed by atoms with Crippen molar-refractivity contribution in [1.29, 1.82) is 0 Å². The summed E-state index contributed by atoms with van der Waals surface area (Å²) in [4.78, 5) is 21.6. The molecule has 5 rings (SSSR count). The van der Waals surface area contributed by atoms with Crippen molar-refractivity contribution < 1.29 is 4.79 Å². The maximum absolute atomic E-state index is 12.6. The van der Waals surface area contributed by atoms with Crippen LogP contribution in [0.3, 0.4) is 0 Å². The van der Waals surface area contributed by atoms with Crippen LogP contribution in [-0.2, 0) is 17.6 Å². The van der Waals surface area contributed by atoms with Crippen LogP contribution in [-0.4, -0.2) is 16.5 Å². The fraction of sp³-hybridized carbons (Fsp3) is 0.345. The maximum atomic E-state index is 12.6. The second-order valence-corrected chi connectivity index (χ2v) is 9.29. The second kappa shape index (κ2) is 9.60. The van der Waals surface area contributed by atoms with Gasteiger partial charge in [-0.2, -0.15) is 0 Å². The summed E-state index contributed by atoms with van der Waals surface area (Å²) in [5, 5.41) is 0. The van der Waals surface area contributed by atoms with Gasteiger partial charge in [0.05, 0.1) is 5.71 Å². The van der Waals surface area contributed by atoms with Crippen LogP contribution >= 0.6 is 0 Å². The molecule has 0 bridgehead atoms. The predicted octanol–water partition coefficient (Wildman–Crippen LogP) is 6.32. The van der Waals surface area contributed by atoms with Gasteiger partial charge in [0.15, 0.2) is 0 Å². The third-order valence-corrected chi connectivity index (χ3v) is 7.00. The van der Waals surface area contributed by atoms with Crippen LogP contribution in [0.1, 0.15) is 61.1 Å². The van der Waals surface area contributed by atoms with Gasteiger partial charge in [0.25, 0.3) is 0 Å². The molecular weight excluding hydrogens is 392 g/mol. The number of carbonyl (C=O) groups excluding carboxylic acids is 1. The number of Topliss-reactive ketones (excluding diaryl/α,β-unsaturated/α-hetero) is 1. The van der Waals surface area contributed by atoms with Gasteiger partial charge in [-0.15, -0.1) is 0 Å². The molecule has 0 N–H and O–H groups in total. The van der Waals surface area contributed by atoms with Crippen LogP contribution in [0.25, 0.3) is 0 Å². The Hall–Kier alpha value is -3.07. The van der Waals surface area contributed by atoms with E-state index >= 15 is 0 Å². The topological polar surface area (TPSA) is 42.3 Å². The molecule has 2 atom stereocenters. The Balaban J connectivity index is 1.28. The third kappa shape index (κ3) is 4.72. The summed E-state index contributed by atoms with van der Waals surface area (Å²) in [6.07, 6.45) is 20.1. The van der Waals surface area contributed by atoms with Crippen molar-refractivity contribution in [3.8, 4) is 0 Å². The van der Waals surface area contributed by atoms with Crippen LogP contribution in [0, 0.1) is 5.92 Å². The molecule has 1 aromatic carbocycles. The van der Waals surface area contributed by atoms with E-state index in [0.717, 1.165) is 30.4 Å². The molecule has 2 aromatic rings. The number of benzene rings is 1. The molecule has 2 aliphatic carbocycles. The van der Waals surface area contributed by atoms with Crippen molar-refractivity contribution in [2.24, 2.45) is 10.9 Å². The summed E-state index contributed by atoms with van der Waals surface area (Å²) in [7, 11) is 0. The molecule has 2 heterocycles. The quantitative estimate of drug-likeness (QED) is 0.546. The number of pyridine rings is 1. The summed E-state index contributed by atoms with van der Waals surface area (Å²) in [5.41, 5.74) is 7.70. The van der Waals surface area contributed by atoms with E-state index in [0.29, 0.717) is 24.7 Å². The fourth-order valence-electron chi connectivity index (χ4n) is 5.45. The van der Waals surface area contributed by atoms with E-state index in [1.54, 1.807) is 12.4 Å². The van der Waals surface area contributed by atoms with E-state index in [1.807, 2.05) is 18.3 Å². The highest BCUT2D eigenvalue weighted by Gasteiger charge is 2.30. The van der Waals surface area contributed by atoms with E-state index in [1.165, 1.54) is 41.7 Å². The minimum absolute atomic E-state index is 0.240. The van der Waals surface area contributed by atoms with Gasteiger partial charge in [0.1, 0.15) is 5.78 Å². The highest BCUT2D eigenvalue weighted by atomic mass is 16.1. The standard InChI is InChI=1S/C29H30N2O/c32-27(18-22-7-4-14-30-20-22)17-21-6-1-9-24(16-21)25-10-2-11-26(19-25)29-28-13-3-8-23(28)12-5-15-31-29/h1,3-7,9,13-16,20,25-26H,2,8,10-12,17-19H2. The molecule has 3 heteroatoms. The summed E-state index contributed by atoms with van der Waals surface area (Å²) in [6, 6.07) is 12.6. The molecule has 1 aliphatic heterocycles. The van der Waals surface area contributed by atoms with Gasteiger partial charge in [-0.1, -0.05) is 60.6 Å². The molecule has 32 heavy (non-hydrogen) atoms. The maximum Gasteiger partial charge on any atom is 0.141 e. The van der Waals surface area contributed by atoms with Crippen molar-refractivity contribution in [2.45, 2.75) is 57.3 Å². The molecule has 1 aromatic heterocycles. The van der Waals surface area contributed by atoms with Gasteiger partial charge < -0.3 is 0 Å². The third-order valence-electron chi connectivity index (χ3n) is 7.00. The number of hydrogen-bond acceptors (Lipinski definition) is 3. The van der Waals surface area contributed by atoms with E-state index in [4.69, 9.17) is 4.99 Å². The number of nitrogens with zero attached hydrogens (tertiary/aromatic N) is 2. The Kier molecular flexibility index (Phi) is 6.24. The summed E-state index contributed by atoms with van der Waals surface area (Å²) >= 11 is 0. The molecule has 0 saturated heterocycles. The molecule has 1 fully saturated rings. The van der Waals surface area contributed by atoms with Crippen LogP contribution in [0.4, 0.5) is 0 Å². The zero-order valence-electron chi connectivity index (χ0n) is 18.5. The normalized spacial score (nSPS) is 22.4. The number of aliphatic imine (C=N–C) groups is 1. The molecule has 1 saturated carbocycles. The minimum atomic E-state index is 0.240. The summed E-state index contributed by atoms with van der Waals surface area (Å²) < 4.78 is 0. The van der Waals surface area contributed by atoms with Crippen molar-refractivity contribution in [3.63, 3.8) is 0 Å². The van der Waals surface area contributed by atoms with Crippen molar-refractivity contribution >= 4 is 11.5 Å². The molecule has 162 valence electrons. The average Bonchev–Trinajstić information content (AvgIpc) is 3.19. The smallest absolute Gasteiger partial charge is 0.141 e. The van der Waals surface area contributed by atoms with E-state index in [9.17, 15) is 4.79 Å². The Morgan fingerprint density at radius 1 is 0.969 bits per heavy atom. The Labute approximate surface area is 190 Å². The zero-order chi connectivity index (χ0) is 21.8. The fourth-order valence-corrected chi connectivity index (χ4v) is 5.45. The molecule has 0 radical (unpaired) electrons. The van der Waals surface area contributed by atoms with Gasteiger partial charge in [-0.05, 0) is 66.4 Å². The van der Waals surface area contributed by atoms with Gasteiger partial charge >= 0.3 is 0 Å². The van der Waals surface area contributed by atoms with Crippen LogP contribution < -0.4 is 0 Å². The lowest BCUT2D eigenvalue weighted by Crippen LogP contribution is -2.23. The van der Waals surface area contributed by atoms with Crippen molar-refractivity contribution in [3.05, 3.63) is 101 Å². The summed E-state index contributed by atoms with van der Waals surface area (Å²) in [6.45, 7) is 0. The van der Waals surface area contributed by atoms with Crippen LogP contribution in [0.15, 0.2) is 89.4 Å². The molecule has 3 aliphatic rings. The zero-order valence-corrected chi connectivity index (χ0v) is 18.5. The van der Waals surface area contributed by atoms with Gasteiger partial charge in [0, 0.05) is 37.4 Å². The van der Waals surface area contributed by atoms with Crippen LogP contribution in [0.2, 0.25) is 0 Å². The van der Waals surface area contributed by atoms with E-state index in [2.05, 4.69) is 47.5 Å². The number of carbonyl (C=O) groups is 1. The first-order valence-corrected chi connectivity index (χ1v) is 11.9.